The van der Waals surface area contributed by atoms with Crippen LogP contribution >= 0.6 is 22.7 Å². The van der Waals surface area contributed by atoms with Crippen LogP contribution in [0.4, 0.5) is 0 Å². The van der Waals surface area contributed by atoms with Crippen molar-refractivity contribution in [2.24, 2.45) is 5.14 Å². The van der Waals surface area contributed by atoms with Crippen molar-refractivity contribution in [3.63, 3.8) is 0 Å². The summed E-state index contributed by atoms with van der Waals surface area (Å²) >= 11 is 2.42. The van der Waals surface area contributed by atoms with E-state index in [9.17, 15) is 18.0 Å². The van der Waals surface area contributed by atoms with Gasteiger partial charge in [-0.25, -0.2) is 18.4 Å². The fraction of sp³-hybridized carbons (Fsp3) is 0.231. The van der Waals surface area contributed by atoms with Crippen LogP contribution < -0.4 is 10.5 Å². The zero-order valence-electron chi connectivity index (χ0n) is 11.9. The summed E-state index contributed by atoms with van der Waals surface area (Å²) in [6, 6.07) is 5.02. The number of nitrogens with one attached hydrogen (secondary N) is 1. The van der Waals surface area contributed by atoms with Crippen LogP contribution in [0.1, 0.15) is 15.2 Å². The van der Waals surface area contributed by atoms with Crippen molar-refractivity contribution in [2.45, 2.75) is 10.6 Å². The SMILES string of the molecule is NS(=O)(=O)c1cc(C(=O)OCC(=O)NCCc2cccs2)cs1. The summed E-state index contributed by atoms with van der Waals surface area (Å²) in [5, 5.41) is 10.9. The molecule has 2 heterocycles. The van der Waals surface area contributed by atoms with Gasteiger partial charge < -0.3 is 10.1 Å². The summed E-state index contributed by atoms with van der Waals surface area (Å²) in [6.07, 6.45) is 0.708. The van der Waals surface area contributed by atoms with E-state index in [4.69, 9.17) is 9.88 Å². The molecule has 7 nitrogen and oxygen atoms in total. The van der Waals surface area contributed by atoms with Crippen molar-refractivity contribution in [3.05, 3.63) is 39.4 Å². The third kappa shape index (κ3) is 5.43. The highest BCUT2D eigenvalue weighted by Crippen LogP contribution is 2.19. The number of hydrogen-bond acceptors (Lipinski definition) is 7. The average molecular weight is 374 g/mol. The third-order valence-corrected chi connectivity index (χ3v) is 6.02. The lowest BCUT2D eigenvalue weighted by atomic mass is 10.3. The quantitative estimate of drug-likeness (QED) is 0.701. The predicted octanol–water partition coefficient (Wildman–Crippen LogP) is 0.973. The topological polar surface area (TPSA) is 116 Å². The molecule has 0 saturated heterocycles. The Labute approximate surface area is 141 Å². The molecular formula is C13H14N2O5S3. The molecule has 2 rings (SSSR count). The molecule has 2 aromatic rings. The molecule has 0 fully saturated rings. The molecule has 1 amide bonds. The standard InChI is InChI=1S/C13H14N2O5S3/c14-23(18,19)12-6-9(8-22-12)13(17)20-7-11(16)15-4-3-10-2-1-5-21-10/h1-2,5-6,8H,3-4,7H2,(H,15,16)(H2,14,18,19). The van der Waals surface area contributed by atoms with E-state index in [1.54, 1.807) is 11.3 Å². The maximum atomic E-state index is 11.7. The van der Waals surface area contributed by atoms with Crippen molar-refractivity contribution in [1.82, 2.24) is 5.32 Å². The first-order valence-corrected chi connectivity index (χ1v) is 9.74. The van der Waals surface area contributed by atoms with Gasteiger partial charge in [0.1, 0.15) is 4.21 Å². The maximum Gasteiger partial charge on any atom is 0.339 e. The minimum atomic E-state index is -3.85. The molecule has 0 aromatic carbocycles. The number of primary sulfonamides is 1. The summed E-state index contributed by atoms with van der Waals surface area (Å²) < 4.78 is 26.9. The molecule has 10 heteroatoms. The van der Waals surface area contributed by atoms with Gasteiger partial charge in [0, 0.05) is 16.8 Å². The van der Waals surface area contributed by atoms with Crippen molar-refractivity contribution in [2.75, 3.05) is 13.2 Å². The van der Waals surface area contributed by atoms with Gasteiger partial charge in [0.15, 0.2) is 6.61 Å². The van der Waals surface area contributed by atoms with Gasteiger partial charge in [-0.05, 0) is 23.9 Å². The van der Waals surface area contributed by atoms with Crippen molar-refractivity contribution in [1.29, 1.82) is 0 Å². The smallest absolute Gasteiger partial charge is 0.339 e. The molecule has 0 unspecified atom stereocenters. The third-order valence-electron chi connectivity index (χ3n) is 2.70. The lowest BCUT2D eigenvalue weighted by Gasteiger charge is -2.05. The van der Waals surface area contributed by atoms with Crippen molar-refractivity contribution in [3.8, 4) is 0 Å². The van der Waals surface area contributed by atoms with Crippen LogP contribution in [0.25, 0.3) is 0 Å². The molecule has 0 atom stereocenters. The van der Waals surface area contributed by atoms with Gasteiger partial charge in [0.2, 0.25) is 10.0 Å². The highest BCUT2D eigenvalue weighted by atomic mass is 32.2. The number of ether oxygens (including phenoxy) is 1. The van der Waals surface area contributed by atoms with Crippen molar-refractivity contribution >= 4 is 44.6 Å². The van der Waals surface area contributed by atoms with E-state index < -0.39 is 28.5 Å². The van der Waals surface area contributed by atoms with E-state index in [0.29, 0.717) is 13.0 Å². The average Bonchev–Trinajstić information content (AvgIpc) is 3.15. The van der Waals surface area contributed by atoms with Crippen LogP contribution in [0.15, 0.2) is 33.2 Å². The second-order valence-corrected chi connectivity index (χ2v) is 8.19. The van der Waals surface area contributed by atoms with Gasteiger partial charge in [0.05, 0.1) is 5.56 Å². The van der Waals surface area contributed by atoms with Gasteiger partial charge in [-0.2, -0.15) is 0 Å². The van der Waals surface area contributed by atoms with Gasteiger partial charge in [0.25, 0.3) is 5.91 Å². The number of hydrogen-bond donors (Lipinski definition) is 2. The molecule has 0 spiro atoms. The number of thiophene rings is 2. The largest absolute Gasteiger partial charge is 0.452 e. The Bertz CT molecular complexity index is 780. The number of sulfonamides is 1. The first-order valence-electron chi connectivity index (χ1n) is 6.44. The van der Waals surface area contributed by atoms with E-state index in [1.165, 1.54) is 5.38 Å². The zero-order valence-corrected chi connectivity index (χ0v) is 14.3. The molecule has 0 aliphatic heterocycles. The zero-order chi connectivity index (χ0) is 16.9. The Kier molecular flexibility index (Phi) is 5.88. The molecule has 0 radical (unpaired) electrons. The molecule has 0 aliphatic carbocycles. The minimum absolute atomic E-state index is 0.0467. The molecule has 23 heavy (non-hydrogen) atoms. The molecule has 2 aromatic heterocycles. The second kappa shape index (κ2) is 7.68. The van der Waals surface area contributed by atoms with Crippen LogP contribution in [-0.4, -0.2) is 33.4 Å². The Morgan fingerprint density at radius 2 is 2.09 bits per heavy atom. The van der Waals surface area contributed by atoms with E-state index in [0.717, 1.165) is 22.3 Å². The van der Waals surface area contributed by atoms with Gasteiger partial charge in [-0.1, -0.05) is 6.07 Å². The lowest BCUT2D eigenvalue weighted by molar-refractivity contribution is -0.124. The Morgan fingerprint density at radius 1 is 1.30 bits per heavy atom. The van der Waals surface area contributed by atoms with E-state index in [-0.39, 0.29) is 9.77 Å². The van der Waals surface area contributed by atoms with Crippen LogP contribution in [0.5, 0.6) is 0 Å². The highest BCUT2D eigenvalue weighted by molar-refractivity contribution is 7.91. The fourth-order valence-corrected chi connectivity index (χ4v) is 3.90. The summed E-state index contributed by atoms with van der Waals surface area (Å²) in [4.78, 5) is 24.4. The van der Waals surface area contributed by atoms with Crippen LogP contribution in [0.3, 0.4) is 0 Å². The normalized spacial score (nSPS) is 11.2. The number of carbonyl (C=O) groups excluding carboxylic acids is 2. The highest BCUT2D eigenvalue weighted by Gasteiger charge is 2.17. The van der Waals surface area contributed by atoms with Gasteiger partial charge in [-0.3, -0.25) is 4.79 Å². The number of esters is 1. The van der Waals surface area contributed by atoms with Crippen LogP contribution in [0.2, 0.25) is 0 Å². The Hall–Kier alpha value is -1.75. The Balaban J connectivity index is 1.75. The van der Waals surface area contributed by atoms with Crippen LogP contribution in [-0.2, 0) is 26.0 Å². The van der Waals surface area contributed by atoms with Gasteiger partial charge in [-0.15, -0.1) is 22.7 Å². The van der Waals surface area contributed by atoms with Gasteiger partial charge >= 0.3 is 5.97 Å². The molecule has 124 valence electrons. The summed E-state index contributed by atoms with van der Waals surface area (Å²) in [5.41, 5.74) is 0.0467. The predicted molar refractivity (Wildman–Crippen MR) is 87.0 cm³/mol. The molecule has 0 aliphatic rings. The van der Waals surface area contributed by atoms with E-state index in [2.05, 4.69) is 5.32 Å². The first kappa shape index (κ1) is 17.6. The van der Waals surface area contributed by atoms with E-state index in [1.807, 2.05) is 17.5 Å². The monoisotopic (exact) mass is 374 g/mol. The summed E-state index contributed by atoms with van der Waals surface area (Å²) in [6.45, 7) is 0.0226. The number of carbonyl (C=O) groups is 2. The Morgan fingerprint density at radius 3 is 2.70 bits per heavy atom. The summed E-state index contributed by atoms with van der Waals surface area (Å²) in [7, 11) is -3.85. The second-order valence-electron chi connectivity index (χ2n) is 4.45. The minimum Gasteiger partial charge on any atom is -0.452 e. The number of rotatable bonds is 7. The van der Waals surface area contributed by atoms with E-state index >= 15 is 0 Å². The van der Waals surface area contributed by atoms with Crippen LogP contribution in [0, 0.1) is 0 Å². The molecular weight excluding hydrogens is 360 g/mol. The number of nitrogens with two attached hydrogens (primary N) is 1. The molecule has 3 N–H and O–H groups in total. The lowest BCUT2D eigenvalue weighted by Crippen LogP contribution is -2.30. The maximum absolute atomic E-state index is 11.7. The first-order chi connectivity index (χ1) is 10.9. The molecule has 0 saturated carbocycles. The fourth-order valence-electron chi connectivity index (χ4n) is 1.62. The number of amides is 1. The molecule has 0 bridgehead atoms. The van der Waals surface area contributed by atoms with Crippen molar-refractivity contribution < 1.29 is 22.7 Å². The summed E-state index contributed by atoms with van der Waals surface area (Å²) in [5.74, 6) is -1.19.